The fourth-order valence-electron chi connectivity index (χ4n) is 2.60. The Kier molecular flexibility index (Phi) is 3.36. The Morgan fingerprint density at radius 1 is 1.33 bits per heavy atom. The predicted octanol–water partition coefficient (Wildman–Crippen LogP) is 1.96. The maximum absolute atomic E-state index is 3.66. The van der Waals surface area contributed by atoms with Gasteiger partial charge in [0.15, 0.2) is 0 Å². The van der Waals surface area contributed by atoms with Gasteiger partial charge in [-0.15, -0.1) is 0 Å². The Hall–Kier alpha value is -0.0800. The summed E-state index contributed by atoms with van der Waals surface area (Å²) in [6.45, 7) is 13.2. The molecule has 2 fully saturated rings. The van der Waals surface area contributed by atoms with E-state index in [1.807, 2.05) is 0 Å². The molecule has 0 aromatic rings. The Morgan fingerprint density at radius 3 is 2.53 bits per heavy atom. The second kappa shape index (κ2) is 4.42. The molecule has 0 bridgehead atoms. The van der Waals surface area contributed by atoms with Gasteiger partial charge >= 0.3 is 0 Å². The van der Waals surface area contributed by atoms with Crippen LogP contribution in [0.3, 0.4) is 0 Å². The second-order valence-electron chi connectivity index (χ2n) is 6.03. The van der Waals surface area contributed by atoms with Gasteiger partial charge in [0, 0.05) is 31.7 Å². The first-order valence-electron chi connectivity index (χ1n) is 6.55. The molecule has 1 aliphatic carbocycles. The van der Waals surface area contributed by atoms with Crippen LogP contribution >= 0.6 is 0 Å². The molecule has 2 nitrogen and oxygen atoms in total. The first-order valence-corrected chi connectivity index (χ1v) is 6.55. The van der Waals surface area contributed by atoms with Crippen LogP contribution in [0.1, 0.15) is 34.1 Å². The van der Waals surface area contributed by atoms with Crippen molar-refractivity contribution in [2.24, 2.45) is 17.8 Å². The van der Waals surface area contributed by atoms with Gasteiger partial charge in [-0.25, -0.2) is 0 Å². The average Bonchev–Trinajstić information content (AvgIpc) is 2.85. The summed E-state index contributed by atoms with van der Waals surface area (Å²) in [6.07, 6.45) is 1.46. The zero-order valence-corrected chi connectivity index (χ0v) is 10.7. The molecule has 2 rings (SSSR count). The van der Waals surface area contributed by atoms with E-state index >= 15 is 0 Å². The molecule has 2 aliphatic rings. The zero-order valence-electron chi connectivity index (χ0n) is 10.7. The van der Waals surface area contributed by atoms with Gasteiger partial charge in [0.1, 0.15) is 0 Å². The third-order valence-electron chi connectivity index (χ3n) is 4.28. The van der Waals surface area contributed by atoms with E-state index < -0.39 is 0 Å². The molecule has 88 valence electrons. The molecular weight excluding hydrogens is 184 g/mol. The van der Waals surface area contributed by atoms with Gasteiger partial charge in [-0.1, -0.05) is 20.8 Å². The van der Waals surface area contributed by atoms with Crippen LogP contribution in [0.25, 0.3) is 0 Å². The highest BCUT2D eigenvalue weighted by Crippen LogP contribution is 2.38. The van der Waals surface area contributed by atoms with Gasteiger partial charge in [0.2, 0.25) is 0 Å². The molecule has 0 amide bonds. The molecule has 4 atom stereocenters. The normalized spacial score (nSPS) is 42.2. The van der Waals surface area contributed by atoms with Crippen molar-refractivity contribution in [1.82, 2.24) is 10.2 Å². The van der Waals surface area contributed by atoms with Crippen LogP contribution in [0.2, 0.25) is 0 Å². The summed E-state index contributed by atoms with van der Waals surface area (Å²) in [5, 5.41) is 3.66. The molecule has 1 heterocycles. The summed E-state index contributed by atoms with van der Waals surface area (Å²) >= 11 is 0. The Labute approximate surface area is 94.4 Å². The largest absolute Gasteiger partial charge is 0.311 e. The number of nitrogens with zero attached hydrogens (tertiary/aromatic N) is 1. The third-order valence-corrected chi connectivity index (χ3v) is 4.28. The molecule has 0 aromatic carbocycles. The molecule has 4 unspecified atom stereocenters. The number of rotatable bonds is 3. The molecule has 0 spiro atoms. The molecule has 2 heteroatoms. The number of hydrogen-bond acceptors (Lipinski definition) is 2. The number of hydrogen-bond donors (Lipinski definition) is 1. The van der Waals surface area contributed by atoms with Crippen LogP contribution < -0.4 is 5.32 Å². The maximum atomic E-state index is 3.66. The highest BCUT2D eigenvalue weighted by molar-refractivity contribution is 4.91. The quantitative estimate of drug-likeness (QED) is 0.766. The molecule has 15 heavy (non-hydrogen) atoms. The van der Waals surface area contributed by atoms with Crippen molar-refractivity contribution in [1.29, 1.82) is 0 Å². The minimum Gasteiger partial charge on any atom is -0.311 e. The predicted molar refractivity (Wildman–Crippen MR) is 64.9 cm³/mol. The van der Waals surface area contributed by atoms with E-state index in [2.05, 4.69) is 37.9 Å². The van der Waals surface area contributed by atoms with E-state index in [0.717, 1.165) is 23.8 Å². The van der Waals surface area contributed by atoms with Gasteiger partial charge in [0.25, 0.3) is 0 Å². The zero-order chi connectivity index (χ0) is 11.0. The first kappa shape index (κ1) is 11.4. The van der Waals surface area contributed by atoms with E-state index in [-0.39, 0.29) is 0 Å². The van der Waals surface area contributed by atoms with E-state index in [1.54, 1.807) is 0 Å². The lowest BCUT2D eigenvalue weighted by Gasteiger charge is -2.40. The fourth-order valence-corrected chi connectivity index (χ4v) is 2.60. The monoisotopic (exact) mass is 210 g/mol. The molecule has 0 radical (unpaired) electrons. The van der Waals surface area contributed by atoms with Crippen molar-refractivity contribution >= 4 is 0 Å². The second-order valence-corrected chi connectivity index (χ2v) is 6.03. The smallest absolute Gasteiger partial charge is 0.0218 e. The molecule has 1 aliphatic heterocycles. The summed E-state index contributed by atoms with van der Waals surface area (Å²) in [4.78, 5) is 2.70. The van der Waals surface area contributed by atoms with Crippen LogP contribution in [0.4, 0.5) is 0 Å². The standard InChI is InChI=1S/C13H26N2/c1-9(2)13-8-15(11(4)6-14-13)7-12-5-10(12)3/h9-14H,5-8H2,1-4H3. The summed E-state index contributed by atoms with van der Waals surface area (Å²) < 4.78 is 0. The maximum Gasteiger partial charge on any atom is 0.0218 e. The van der Waals surface area contributed by atoms with E-state index in [0.29, 0.717) is 6.04 Å². The van der Waals surface area contributed by atoms with Crippen LogP contribution in [0, 0.1) is 17.8 Å². The lowest BCUT2D eigenvalue weighted by Crippen LogP contribution is -2.57. The van der Waals surface area contributed by atoms with Crippen molar-refractivity contribution in [2.45, 2.75) is 46.2 Å². The van der Waals surface area contributed by atoms with Crippen LogP contribution in [0.5, 0.6) is 0 Å². The molecule has 1 saturated heterocycles. The van der Waals surface area contributed by atoms with E-state index in [1.165, 1.54) is 26.1 Å². The van der Waals surface area contributed by atoms with E-state index in [9.17, 15) is 0 Å². The van der Waals surface area contributed by atoms with Gasteiger partial charge in [-0.3, -0.25) is 4.90 Å². The minimum atomic E-state index is 0.704. The third kappa shape index (κ3) is 2.73. The van der Waals surface area contributed by atoms with Gasteiger partial charge in [-0.05, 0) is 31.1 Å². The minimum absolute atomic E-state index is 0.704. The van der Waals surface area contributed by atoms with Gasteiger partial charge in [0.05, 0.1) is 0 Å². The van der Waals surface area contributed by atoms with Crippen LogP contribution in [-0.4, -0.2) is 36.6 Å². The Bertz CT molecular complexity index is 215. The summed E-state index contributed by atoms with van der Waals surface area (Å²) in [5.41, 5.74) is 0. The first-order chi connectivity index (χ1) is 7.08. The van der Waals surface area contributed by atoms with Crippen molar-refractivity contribution in [3.05, 3.63) is 0 Å². The van der Waals surface area contributed by atoms with Gasteiger partial charge < -0.3 is 5.32 Å². The highest BCUT2D eigenvalue weighted by atomic mass is 15.2. The van der Waals surface area contributed by atoms with Crippen LogP contribution in [-0.2, 0) is 0 Å². The summed E-state index contributed by atoms with van der Waals surface area (Å²) in [6, 6.07) is 1.43. The summed E-state index contributed by atoms with van der Waals surface area (Å²) in [7, 11) is 0. The van der Waals surface area contributed by atoms with Gasteiger partial charge in [-0.2, -0.15) is 0 Å². The molecular formula is C13H26N2. The number of piperazine rings is 1. The number of nitrogens with one attached hydrogen (secondary N) is 1. The van der Waals surface area contributed by atoms with Crippen molar-refractivity contribution in [3.8, 4) is 0 Å². The lowest BCUT2D eigenvalue weighted by atomic mass is 9.99. The average molecular weight is 210 g/mol. The lowest BCUT2D eigenvalue weighted by molar-refractivity contribution is 0.116. The van der Waals surface area contributed by atoms with Crippen LogP contribution in [0.15, 0.2) is 0 Å². The van der Waals surface area contributed by atoms with Crippen molar-refractivity contribution in [2.75, 3.05) is 19.6 Å². The topological polar surface area (TPSA) is 15.3 Å². The molecule has 1 N–H and O–H groups in total. The highest BCUT2D eigenvalue weighted by Gasteiger charge is 2.36. The molecule has 1 saturated carbocycles. The summed E-state index contributed by atoms with van der Waals surface area (Å²) in [5.74, 6) is 2.75. The molecule has 0 aromatic heterocycles. The Morgan fingerprint density at radius 2 is 2.00 bits per heavy atom. The Balaban J connectivity index is 1.84. The van der Waals surface area contributed by atoms with E-state index in [4.69, 9.17) is 0 Å². The van der Waals surface area contributed by atoms with Crippen molar-refractivity contribution < 1.29 is 0 Å². The SMILES string of the molecule is CC(C)C1CN(CC2CC2C)C(C)CN1. The van der Waals surface area contributed by atoms with Crippen molar-refractivity contribution in [3.63, 3.8) is 0 Å². The fraction of sp³-hybridized carbons (Fsp3) is 1.00.